The Morgan fingerprint density at radius 1 is 0.926 bits per heavy atom. The number of aryl methyl sites for hydroxylation is 2. The minimum Gasteiger partial charge on any atom is -0.268 e. The van der Waals surface area contributed by atoms with E-state index in [2.05, 4.69) is 66.7 Å². The van der Waals surface area contributed by atoms with Crippen LogP contribution in [0.3, 0.4) is 0 Å². The minimum absolute atomic E-state index is 0. The van der Waals surface area contributed by atoms with Gasteiger partial charge >= 0.3 is 0 Å². The molecule has 0 aliphatic heterocycles. The largest absolute Gasteiger partial charge is 0.268 e. The first-order valence-electron chi connectivity index (χ1n) is 10.2. The third kappa shape index (κ3) is 4.61. The first kappa shape index (κ1) is 22.5. The van der Waals surface area contributed by atoms with E-state index >= 15 is 0 Å². The van der Waals surface area contributed by atoms with E-state index in [1.165, 1.54) is 70.2 Å². The fraction of sp³-hybridized carbons (Fsp3) is 0.500. The topological polar surface area (TPSA) is 0 Å². The van der Waals surface area contributed by atoms with Crippen molar-refractivity contribution in [3.05, 3.63) is 68.3 Å². The van der Waals surface area contributed by atoms with Gasteiger partial charge in [0.1, 0.15) is 0 Å². The molecule has 2 aliphatic rings. The van der Waals surface area contributed by atoms with E-state index in [1.54, 1.807) is 11.1 Å². The Bertz CT molecular complexity index is 766. The van der Waals surface area contributed by atoms with Gasteiger partial charge < -0.3 is 0 Å². The van der Waals surface area contributed by atoms with Gasteiger partial charge in [-0.2, -0.15) is 33.4 Å². The molecule has 0 saturated heterocycles. The Morgan fingerprint density at radius 3 is 1.96 bits per heavy atom. The summed E-state index contributed by atoms with van der Waals surface area (Å²) >= 11 is 0. The molecule has 2 aromatic rings. The maximum absolute atomic E-state index is 3.57. The van der Waals surface area contributed by atoms with Crippen molar-refractivity contribution in [1.82, 2.24) is 0 Å². The van der Waals surface area contributed by atoms with Gasteiger partial charge in [-0.05, 0) is 30.7 Å². The molecule has 1 heteroatoms. The van der Waals surface area contributed by atoms with Crippen molar-refractivity contribution in [1.29, 1.82) is 0 Å². The van der Waals surface area contributed by atoms with Gasteiger partial charge in [-0.3, -0.25) is 6.08 Å². The van der Waals surface area contributed by atoms with Gasteiger partial charge in [-0.25, -0.2) is 5.57 Å². The summed E-state index contributed by atoms with van der Waals surface area (Å²) in [6, 6.07) is 4.90. The molecular formula is C26H34Hf-2. The van der Waals surface area contributed by atoms with Gasteiger partial charge in [0.05, 0.1) is 0 Å². The Labute approximate surface area is 185 Å². The van der Waals surface area contributed by atoms with Crippen LogP contribution in [0.4, 0.5) is 0 Å². The standard InChI is InChI=1S/C16H19.C10H15.Hf/c1-11(2)8-14-6-7-15-9-12-4-3-5-13(12)10-16(14)15;1-6-7(2)9(4)10(5)8(6)3;/h9-11H,3-5,7-8H2,1-2H3;1-5H3;/q2*-1;. The van der Waals surface area contributed by atoms with Gasteiger partial charge in [0.15, 0.2) is 0 Å². The van der Waals surface area contributed by atoms with Crippen LogP contribution >= 0.6 is 0 Å². The van der Waals surface area contributed by atoms with E-state index in [0.717, 1.165) is 12.3 Å². The molecule has 2 aromatic carbocycles. The van der Waals surface area contributed by atoms with E-state index in [0.29, 0.717) is 0 Å². The molecule has 27 heavy (non-hydrogen) atoms. The molecule has 0 nitrogen and oxygen atoms in total. The van der Waals surface area contributed by atoms with Gasteiger partial charge in [0.2, 0.25) is 0 Å². The fourth-order valence-electron chi connectivity index (χ4n) is 4.40. The summed E-state index contributed by atoms with van der Waals surface area (Å²) in [6.45, 7) is 15.6. The summed E-state index contributed by atoms with van der Waals surface area (Å²) in [4.78, 5) is 0. The summed E-state index contributed by atoms with van der Waals surface area (Å²) in [7, 11) is 0. The molecule has 0 N–H and O–H groups in total. The second-order valence-electron chi connectivity index (χ2n) is 8.69. The van der Waals surface area contributed by atoms with Crippen molar-refractivity contribution >= 4 is 5.57 Å². The second-order valence-corrected chi connectivity index (χ2v) is 8.69. The van der Waals surface area contributed by atoms with Crippen LogP contribution < -0.4 is 0 Å². The molecule has 2 aliphatic carbocycles. The monoisotopic (exact) mass is 526 g/mol. The Morgan fingerprint density at radius 2 is 1.48 bits per heavy atom. The maximum Gasteiger partial charge on any atom is 0 e. The van der Waals surface area contributed by atoms with Crippen LogP contribution in [0.15, 0.2) is 12.1 Å². The fourth-order valence-corrected chi connectivity index (χ4v) is 4.40. The number of benzene rings is 1. The van der Waals surface area contributed by atoms with Crippen molar-refractivity contribution in [3.8, 4) is 0 Å². The maximum atomic E-state index is 3.57. The molecule has 0 aromatic heterocycles. The number of hydrogen-bond donors (Lipinski definition) is 0. The summed E-state index contributed by atoms with van der Waals surface area (Å²) in [6.07, 6.45) is 9.74. The van der Waals surface area contributed by atoms with Crippen LogP contribution in [0.25, 0.3) is 5.57 Å². The zero-order chi connectivity index (χ0) is 19.0. The molecule has 0 radical (unpaired) electrons. The first-order chi connectivity index (χ1) is 12.3. The number of allylic oxidation sites excluding steroid dienone is 2. The van der Waals surface area contributed by atoms with Crippen LogP contribution in [-0.4, -0.2) is 0 Å². The summed E-state index contributed by atoms with van der Waals surface area (Å²) in [5.41, 5.74) is 15.0. The second kappa shape index (κ2) is 9.12. The Hall–Kier alpha value is -0.820. The van der Waals surface area contributed by atoms with E-state index in [9.17, 15) is 0 Å². The zero-order valence-electron chi connectivity index (χ0n) is 18.3. The minimum atomic E-state index is 0. The van der Waals surface area contributed by atoms with E-state index in [4.69, 9.17) is 0 Å². The van der Waals surface area contributed by atoms with Crippen LogP contribution in [0.2, 0.25) is 0 Å². The van der Waals surface area contributed by atoms with Crippen molar-refractivity contribution < 1.29 is 25.8 Å². The quantitative estimate of drug-likeness (QED) is 0.296. The molecule has 4 rings (SSSR count). The average Bonchev–Trinajstić information content (AvgIpc) is 3.26. The van der Waals surface area contributed by atoms with Gasteiger partial charge in [-0.15, -0.1) is 18.1 Å². The summed E-state index contributed by atoms with van der Waals surface area (Å²) in [5, 5.41) is 0. The molecule has 0 spiro atoms. The Kier molecular flexibility index (Phi) is 7.59. The van der Waals surface area contributed by atoms with Gasteiger partial charge in [-0.1, -0.05) is 66.5 Å². The van der Waals surface area contributed by atoms with Crippen LogP contribution in [0.5, 0.6) is 0 Å². The predicted molar refractivity (Wildman–Crippen MR) is 114 cm³/mol. The molecule has 0 atom stereocenters. The normalized spacial score (nSPS) is 14.3. The van der Waals surface area contributed by atoms with Crippen molar-refractivity contribution in [2.75, 3.05) is 0 Å². The third-order valence-electron chi connectivity index (χ3n) is 6.56. The SMILES string of the molecule is CC(C)CC1=[C-]Cc2cc3c(cc21)CCC3.Cc1c(C)c(C)[c-](C)c1C.[Hf]. The first-order valence-corrected chi connectivity index (χ1v) is 10.2. The van der Waals surface area contributed by atoms with Gasteiger partial charge in [0, 0.05) is 25.8 Å². The van der Waals surface area contributed by atoms with Crippen LogP contribution in [0, 0.1) is 46.6 Å². The zero-order valence-corrected chi connectivity index (χ0v) is 21.9. The molecule has 0 fully saturated rings. The van der Waals surface area contributed by atoms with E-state index < -0.39 is 0 Å². The molecule has 0 amide bonds. The summed E-state index contributed by atoms with van der Waals surface area (Å²) < 4.78 is 0. The molecule has 0 saturated carbocycles. The Balaban J connectivity index is 0.000000208. The van der Waals surface area contributed by atoms with Crippen LogP contribution in [0.1, 0.15) is 76.8 Å². The molecule has 0 bridgehead atoms. The predicted octanol–water partition coefficient (Wildman–Crippen LogP) is 6.91. The van der Waals surface area contributed by atoms with E-state index in [-0.39, 0.29) is 25.8 Å². The molecule has 0 heterocycles. The van der Waals surface area contributed by atoms with E-state index in [1.807, 2.05) is 0 Å². The third-order valence-corrected chi connectivity index (χ3v) is 6.56. The summed E-state index contributed by atoms with van der Waals surface area (Å²) in [5.74, 6) is 0.738. The molecule has 144 valence electrons. The molecule has 0 unspecified atom stereocenters. The number of hydrogen-bond acceptors (Lipinski definition) is 0. The number of fused-ring (bicyclic) bond motifs is 2. The van der Waals surface area contributed by atoms with Crippen LogP contribution in [-0.2, 0) is 45.1 Å². The smallest absolute Gasteiger partial charge is 0 e. The average molecular weight is 525 g/mol. The molecular weight excluding hydrogens is 491 g/mol. The van der Waals surface area contributed by atoms with Gasteiger partial charge in [0.25, 0.3) is 0 Å². The van der Waals surface area contributed by atoms with Crippen molar-refractivity contribution in [3.63, 3.8) is 0 Å². The van der Waals surface area contributed by atoms with Crippen molar-refractivity contribution in [2.45, 2.75) is 80.6 Å². The number of rotatable bonds is 2. The van der Waals surface area contributed by atoms with Crippen molar-refractivity contribution in [2.24, 2.45) is 5.92 Å².